The maximum absolute atomic E-state index is 6.20. The molecule has 2 aromatic rings. The third-order valence-electron chi connectivity index (χ3n) is 4.30. The number of ether oxygens (including phenoxy) is 1. The maximum Gasteiger partial charge on any atom is 0.108 e. The molecular formula is C16H20BrNO. The van der Waals surface area contributed by atoms with E-state index in [1.54, 1.807) is 0 Å². The van der Waals surface area contributed by atoms with Crippen molar-refractivity contribution < 1.29 is 4.74 Å². The summed E-state index contributed by atoms with van der Waals surface area (Å²) < 4.78 is 7.34. The van der Waals surface area contributed by atoms with Gasteiger partial charge in [-0.05, 0) is 46.8 Å². The number of rotatable bonds is 3. The molecule has 2 nitrogen and oxygen atoms in total. The van der Waals surface area contributed by atoms with E-state index in [2.05, 4.69) is 53.0 Å². The highest BCUT2D eigenvalue weighted by molar-refractivity contribution is 9.10. The number of fused-ring (bicyclic) bond motifs is 3. The second kappa shape index (κ2) is 4.95. The van der Waals surface area contributed by atoms with Crippen LogP contribution in [0.5, 0.6) is 0 Å². The van der Waals surface area contributed by atoms with Gasteiger partial charge in [0.25, 0.3) is 0 Å². The minimum atomic E-state index is -0.110. The number of benzene rings is 1. The standard InChI is InChI=1S/C16H20BrNO/c1-3-9-16(4-2)15-12(8-10-19-16)11-6-5-7-13(17)14(11)18-15/h5-7,18H,3-4,8-10H2,1-2H3. The molecule has 0 radical (unpaired) electrons. The molecular weight excluding hydrogens is 302 g/mol. The lowest BCUT2D eigenvalue weighted by Crippen LogP contribution is -2.35. The van der Waals surface area contributed by atoms with Crippen LogP contribution >= 0.6 is 15.9 Å². The molecule has 1 atom stereocenters. The number of hydrogen-bond donors (Lipinski definition) is 1. The second-order valence-corrected chi connectivity index (χ2v) is 6.19. The summed E-state index contributed by atoms with van der Waals surface area (Å²) in [6, 6.07) is 6.43. The number of nitrogens with one attached hydrogen (secondary N) is 1. The molecule has 2 heterocycles. The van der Waals surface area contributed by atoms with Crippen LogP contribution in [0, 0.1) is 0 Å². The summed E-state index contributed by atoms with van der Waals surface area (Å²) in [4.78, 5) is 3.64. The van der Waals surface area contributed by atoms with E-state index in [1.165, 1.54) is 22.2 Å². The molecule has 1 aromatic heterocycles. The molecule has 1 aromatic carbocycles. The molecule has 1 N–H and O–H groups in total. The van der Waals surface area contributed by atoms with Gasteiger partial charge in [0.05, 0.1) is 17.8 Å². The van der Waals surface area contributed by atoms with Gasteiger partial charge in [-0.3, -0.25) is 0 Å². The minimum absolute atomic E-state index is 0.110. The Bertz CT molecular complexity index is 604. The lowest BCUT2D eigenvalue weighted by atomic mass is 9.85. The van der Waals surface area contributed by atoms with Gasteiger partial charge >= 0.3 is 0 Å². The molecule has 0 bridgehead atoms. The van der Waals surface area contributed by atoms with E-state index in [1.807, 2.05) is 0 Å². The van der Waals surface area contributed by atoms with E-state index in [4.69, 9.17) is 4.74 Å². The molecule has 3 heteroatoms. The number of aromatic nitrogens is 1. The molecule has 0 amide bonds. The zero-order valence-corrected chi connectivity index (χ0v) is 13.1. The van der Waals surface area contributed by atoms with E-state index < -0.39 is 0 Å². The van der Waals surface area contributed by atoms with Crippen LogP contribution in [-0.4, -0.2) is 11.6 Å². The zero-order valence-electron chi connectivity index (χ0n) is 11.6. The first-order valence-electron chi connectivity index (χ1n) is 7.15. The molecule has 1 unspecified atom stereocenters. The summed E-state index contributed by atoms with van der Waals surface area (Å²) in [5.74, 6) is 0. The highest BCUT2D eigenvalue weighted by Crippen LogP contribution is 2.43. The van der Waals surface area contributed by atoms with E-state index >= 15 is 0 Å². The van der Waals surface area contributed by atoms with Gasteiger partial charge in [0.15, 0.2) is 0 Å². The zero-order chi connectivity index (χ0) is 13.5. The molecule has 1 aliphatic rings. The Kier molecular flexibility index (Phi) is 3.44. The molecule has 0 aliphatic carbocycles. The summed E-state index contributed by atoms with van der Waals surface area (Å²) in [5, 5.41) is 1.35. The van der Waals surface area contributed by atoms with Gasteiger partial charge in [0.1, 0.15) is 5.60 Å². The number of hydrogen-bond acceptors (Lipinski definition) is 1. The maximum atomic E-state index is 6.20. The summed E-state index contributed by atoms with van der Waals surface area (Å²) in [6.45, 7) is 5.29. The Morgan fingerprint density at radius 2 is 2.21 bits per heavy atom. The van der Waals surface area contributed by atoms with Crippen molar-refractivity contribution in [3.05, 3.63) is 33.9 Å². The SMILES string of the molecule is CCCC1(CC)OCCc2c1[nH]c1c(Br)cccc21. The van der Waals surface area contributed by atoms with Gasteiger partial charge in [-0.1, -0.05) is 32.4 Å². The third-order valence-corrected chi connectivity index (χ3v) is 4.96. The van der Waals surface area contributed by atoms with Crippen LogP contribution in [0.3, 0.4) is 0 Å². The molecule has 0 saturated carbocycles. The van der Waals surface area contributed by atoms with E-state index in [0.29, 0.717) is 0 Å². The normalized spacial score (nSPS) is 22.7. The number of para-hydroxylation sites is 1. The lowest BCUT2D eigenvalue weighted by molar-refractivity contribution is -0.0723. The van der Waals surface area contributed by atoms with Crippen LogP contribution in [0.2, 0.25) is 0 Å². The van der Waals surface area contributed by atoms with E-state index in [9.17, 15) is 0 Å². The minimum Gasteiger partial charge on any atom is -0.368 e. The number of aromatic amines is 1. The third kappa shape index (κ3) is 1.95. The largest absolute Gasteiger partial charge is 0.368 e. The van der Waals surface area contributed by atoms with Gasteiger partial charge < -0.3 is 9.72 Å². The molecule has 1 aliphatic heterocycles. The van der Waals surface area contributed by atoms with Crippen molar-refractivity contribution in [2.75, 3.05) is 6.61 Å². The van der Waals surface area contributed by atoms with Crippen LogP contribution in [-0.2, 0) is 16.8 Å². The van der Waals surface area contributed by atoms with Crippen LogP contribution in [0.15, 0.2) is 22.7 Å². The molecule has 0 saturated heterocycles. The Balaban J connectivity index is 2.25. The van der Waals surface area contributed by atoms with Crippen molar-refractivity contribution in [3.63, 3.8) is 0 Å². The first-order valence-corrected chi connectivity index (χ1v) is 7.94. The Hall–Kier alpha value is -0.800. The van der Waals surface area contributed by atoms with Crippen LogP contribution in [0.25, 0.3) is 10.9 Å². The molecule has 0 fully saturated rings. The summed E-state index contributed by atoms with van der Waals surface area (Å²) in [7, 11) is 0. The van der Waals surface area contributed by atoms with Crippen LogP contribution in [0.4, 0.5) is 0 Å². The molecule has 3 rings (SSSR count). The van der Waals surface area contributed by atoms with Crippen molar-refractivity contribution in [2.45, 2.75) is 45.1 Å². The van der Waals surface area contributed by atoms with Crippen molar-refractivity contribution in [2.24, 2.45) is 0 Å². The fourth-order valence-electron chi connectivity index (χ4n) is 3.36. The Labute approximate surface area is 122 Å². The smallest absolute Gasteiger partial charge is 0.108 e. The monoisotopic (exact) mass is 321 g/mol. The Morgan fingerprint density at radius 1 is 1.37 bits per heavy atom. The van der Waals surface area contributed by atoms with Crippen molar-refractivity contribution in [3.8, 4) is 0 Å². The van der Waals surface area contributed by atoms with E-state index in [0.717, 1.165) is 36.8 Å². The lowest BCUT2D eigenvalue weighted by Gasteiger charge is -2.36. The van der Waals surface area contributed by atoms with Gasteiger partial charge in [-0.15, -0.1) is 0 Å². The predicted octanol–water partition coefficient (Wildman–Crippen LogP) is 4.91. The van der Waals surface area contributed by atoms with Gasteiger partial charge in [-0.25, -0.2) is 0 Å². The average molecular weight is 322 g/mol. The van der Waals surface area contributed by atoms with Crippen molar-refractivity contribution >= 4 is 26.8 Å². The van der Waals surface area contributed by atoms with Crippen LogP contribution in [0.1, 0.15) is 44.4 Å². The highest BCUT2D eigenvalue weighted by atomic mass is 79.9. The first-order chi connectivity index (χ1) is 9.22. The van der Waals surface area contributed by atoms with Gasteiger partial charge in [-0.2, -0.15) is 0 Å². The highest BCUT2D eigenvalue weighted by Gasteiger charge is 2.38. The van der Waals surface area contributed by atoms with Gasteiger partial charge in [0.2, 0.25) is 0 Å². The van der Waals surface area contributed by atoms with Crippen LogP contribution < -0.4 is 0 Å². The average Bonchev–Trinajstić information content (AvgIpc) is 2.81. The quantitative estimate of drug-likeness (QED) is 0.853. The fourth-order valence-corrected chi connectivity index (χ4v) is 3.83. The van der Waals surface area contributed by atoms with Crippen molar-refractivity contribution in [1.82, 2.24) is 4.98 Å². The topological polar surface area (TPSA) is 25.0 Å². The molecule has 102 valence electrons. The number of halogens is 1. The van der Waals surface area contributed by atoms with Crippen molar-refractivity contribution in [1.29, 1.82) is 0 Å². The molecule has 19 heavy (non-hydrogen) atoms. The predicted molar refractivity (Wildman–Crippen MR) is 82.5 cm³/mol. The summed E-state index contributed by atoms with van der Waals surface area (Å²) >= 11 is 3.65. The summed E-state index contributed by atoms with van der Waals surface area (Å²) in [5.41, 5.74) is 3.87. The second-order valence-electron chi connectivity index (χ2n) is 5.34. The van der Waals surface area contributed by atoms with E-state index in [-0.39, 0.29) is 5.60 Å². The first kappa shape index (κ1) is 13.2. The van der Waals surface area contributed by atoms with Gasteiger partial charge in [0, 0.05) is 9.86 Å². The molecule has 0 spiro atoms. The Morgan fingerprint density at radius 3 is 2.95 bits per heavy atom. The summed E-state index contributed by atoms with van der Waals surface area (Å²) in [6.07, 6.45) is 4.26. The fraction of sp³-hybridized carbons (Fsp3) is 0.500. The number of H-pyrrole nitrogens is 1.